The van der Waals surface area contributed by atoms with E-state index < -0.39 is 0 Å². The molecule has 1 N–H and O–H groups in total. The molecule has 0 aliphatic heterocycles. The third kappa shape index (κ3) is 6.40. The third-order valence-corrected chi connectivity index (χ3v) is 5.09. The van der Waals surface area contributed by atoms with Crippen molar-refractivity contribution in [2.24, 2.45) is 4.99 Å². The Labute approximate surface area is 182 Å². The number of halogens is 2. The number of rotatable bonds is 7. The highest BCUT2D eigenvalue weighted by molar-refractivity contribution is 14.0. The fraction of sp³-hybridized carbons (Fsp3) is 0.579. The minimum Gasteiger partial charge on any atom is -0.353 e. The Bertz CT molecular complexity index is 604. The highest BCUT2D eigenvalue weighted by Crippen LogP contribution is 2.41. The number of hydrogen-bond acceptors (Lipinski definition) is 2. The first-order chi connectivity index (χ1) is 12.0. The molecule has 2 rings (SSSR count). The van der Waals surface area contributed by atoms with Gasteiger partial charge in [0.25, 0.3) is 0 Å². The maximum absolute atomic E-state index is 12.3. The predicted molar refractivity (Wildman–Crippen MR) is 122 cm³/mol. The fourth-order valence-electron chi connectivity index (χ4n) is 2.98. The van der Waals surface area contributed by atoms with Gasteiger partial charge in [0.05, 0.1) is 6.54 Å². The van der Waals surface area contributed by atoms with E-state index >= 15 is 0 Å². The second-order valence-electron chi connectivity index (χ2n) is 6.36. The van der Waals surface area contributed by atoms with Gasteiger partial charge in [-0.3, -0.25) is 9.79 Å². The Morgan fingerprint density at radius 2 is 1.85 bits per heavy atom. The smallest absolute Gasteiger partial charge is 0.242 e. The fourth-order valence-corrected chi connectivity index (χ4v) is 3.24. The van der Waals surface area contributed by atoms with E-state index in [0.717, 1.165) is 29.9 Å². The summed E-state index contributed by atoms with van der Waals surface area (Å²) in [6, 6.07) is 8.89. The van der Waals surface area contributed by atoms with Crippen LogP contribution >= 0.6 is 39.9 Å². The summed E-state index contributed by atoms with van der Waals surface area (Å²) >= 11 is 3.48. The molecule has 1 aliphatic carbocycles. The lowest BCUT2D eigenvalue weighted by Gasteiger charge is -2.26. The Balaban J connectivity index is 0.00000338. The van der Waals surface area contributed by atoms with Crippen molar-refractivity contribution in [3.05, 3.63) is 34.3 Å². The zero-order valence-corrected chi connectivity index (χ0v) is 20.0. The van der Waals surface area contributed by atoms with Crippen molar-refractivity contribution >= 4 is 51.8 Å². The zero-order valence-electron chi connectivity index (χ0n) is 16.0. The summed E-state index contributed by atoms with van der Waals surface area (Å²) in [5.41, 5.74) is 1.35. The van der Waals surface area contributed by atoms with Crippen LogP contribution in [0.2, 0.25) is 0 Å². The van der Waals surface area contributed by atoms with Gasteiger partial charge in [0, 0.05) is 43.1 Å². The molecule has 1 fully saturated rings. The zero-order chi connectivity index (χ0) is 18.4. The van der Waals surface area contributed by atoms with E-state index in [-0.39, 0.29) is 29.9 Å². The van der Waals surface area contributed by atoms with E-state index in [0.29, 0.717) is 25.0 Å². The van der Waals surface area contributed by atoms with Crippen molar-refractivity contribution < 1.29 is 4.79 Å². The number of carbonyl (C=O) groups excluding carboxylic acids is 1. The van der Waals surface area contributed by atoms with E-state index in [1.165, 1.54) is 5.56 Å². The van der Waals surface area contributed by atoms with Gasteiger partial charge in [-0.05, 0) is 44.9 Å². The highest BCUT2D eigenvalue weighted by atomic mass is 127. The molecule has 26 heavy (non-hydrogen) atoms. The number of hydrogen-bond donors (Lipinski definition) is 1. The summed E-state index contributed by atoms with van der Waals surface area (Å²) in [4.78, 5) is 20.7. The van der Waals surface area contributed by atoms with Crippen molar-refractivity contribution in [3.63, 3.8) is 0 Å². The van der Waals surface area contributed by atoms with Crippen LogP contribution < -0.4 is 5.32 Å². The van der Waals surface area contributed by atoms with Crippen LogP contribution in [0.5, 0.6) is 0 Å². The van der Waals surface area contributed by atoms with Crippen LogP contribution in [0.15, 0.2) is 33.7 Å². The molecule has 5 nitrogen and oxygen atoms in total. The standard InChI is InChI=1S/C19H29BrN4O.HI/c1-5-21-19(23(4)13-18(25)24(6-2)7-3)22-17-12-16(17)14-8-10-15(20)11-9-14;/h8-11,16-17H,5-7,12-13H2,1-4H3,(H,21,22);1H. The van der Waals surface area contributed by atoms with Crippen molar-refractivity contribution in [1.82, 2.24) is 15.1 Å². The second-order valence-corrected chi connectivity index (χ2v) is 7.28. The number of benzene rings is 1. The number of carbonyl (C=O) groups is 1. The molecule has 0 radical (unpaired) electrons. The van der Waals surface area contributed by atoms with E-state index in [9.17, 15) is 4.79 Å². The number of aliphatic imine (C=N–C) groups is 1. The van der Waals surface area contributed by atoms with Crippen molar-refractivity contribution in [3.8, 4) is 0 Å². The van der Waals surface area contributed by atoms with Crippen LogP contribution in [-0.4, -0.2) is 60.9 Å². The van der Waals surface area contributed by atoms with Gasteiger partial charge < -0.3 is 15.1 Å². The number of nitrogens with zero attached hydrogens (tertiary/aromatic N) is 3. The van der Waals surface area contributed by atoms with Gasteiger partial charge in [-0.25, -0.2) is 0 Å². The van der Waals surface area contributed by atoms with E-state index in [2.05, 4.69) is 50.5 Å². The molecule has 1 amide bonds. The minimum absolute atomic E-state index is 0. The summed E-state index contributed by atoms with van der Waals surface area (Å²) in [6.07, 6.45) is 1.10. The topological polar surface area (TPSA) is 47.9 Å². The van der Waals surface area contributed by atoms with Gasteiger partial charge in [-0.2, -0.15) is 0 Å². The quantitative estimate of drug-likeness (QED) is 0.328. The number of amides is 1. The molecule has 7 heteroatoms. The molecule has 146 valence electrons. The number of guanidine groups is 1. The first-order valence-electron chi connectivity index (χ1n) is 9.05. The van der Waals surface area contributed by atoms with Crippen molar-refractivity contribution in [1.29, 1.82) is 0 Å². The van der Waals surface area contributed by atoms with Gasteiger partial charge in [0.15, 0.2) is 5.96 Å². The maximum atomic E-state index is 12.3. The van der Waals surface area contributed by atoms with E-state index in [1.54, 1.807) is 0 Å². The predicted octanol–water partition coefficient (Wildman–Crippen LogP) is 3.69. The van der Waals surface area contributed by atoms with Crippen LogP contribution in [0.25, 0.3) is 0 Å². The van der Waals surface area contributed by atoms with Gasteiger partial charge in [-0.1, -0.05) is 28.1 Å². The molecule has 2 atom stereocenters. The Morgan fingerprint density at radius 3 is 2.38 bits per heavy atom. The molecular weight excluding hydrogens is 507 g/mol. The summed E-state index contributed by atoms with van der Waals surface area (Å²) in [5, 5.41) is 3.53. The van der Waals surface area contributed by atoms with Crippen molar-refractivity contribution in [2.75, 3.05) is 33.2 Å². The molecule has 0 heterocycles. The van der Waals surface area contributed by atoms with Crippen LogP contribution in [0.3, 0.4) is 0 Å². The van der Waals surface area contributed by atoms with E-state index in [1.807, 2.05) is 37.6 Å². The molecule has 0 aromatic heterocycles. The van der Waals surface area contributed by atoms with Crippen LogP contribution in [0.4, 0.5) is 0 Å². The van der Waals surface area contributed by atoms with E-state index in [4.69, 9.17) is 0 Å². The summed E-state index contributed by atoms with van der Waals surface area (Å²) < 4.78 is 1.10. The lowest BCUT2D eigenvalue weighted by Crippen LogP contribution is -2.46. The molecule has 2 unspecified atom stereocenters. The second kappa shape index (κ2) is 11.1. The molecule has 0 spiro atoms. The number of nitrogens with one attached hydrogen (secondary N) is 1. The molecule has 1 aliphatic rings. The first kappa shape index (κ1) is 23.2. The van der Waals surface area contributed by atoms with Crippen LogP contribution in [0, 0.1) is 0 Å². The molecule has 0 bridgehead atoms. The summed E-state index contributed by atoms with van der Waals surface area (Å²) in [7, 11) is 1.93. The lowest BCUT2D eigenvalue weighted by atomic mass is 10.1. The molecule has 1 aromatic rings. The molecule has 1 aromatic carbocycles. The average Bonchev–Trinajstić information content (AvgIpc) is 3.35. The molecule has 0 saturated heterocycles. The Kier molecular flexibility index (Phi) is 9.92. The lowest BCUT2D eigenvalue weighted by molar-refractivity contribution is -0.131. The first-order valence-corrected chi connectivity index (χ1v) is 9.84. The monoisotopic (exact) mass is 536 g/mol. The van der Waals surface area contributed by atoms with Crippen LogP contribution in [0.1, 0.15) is 38.7 Å². The van der Waals surface area contributed by atoms with Gasteiger partial charge in [0.1, 0.15) is 0 Å². The van der Waals surface area contributed by atoms with Gasteiger partial charge in [-0.15, -0.1) is 24.0 Å². The molecular formula is C19H30BrIN4O. The maximum Gasteiger partial charge on any atom is 0.242 e. The SMILES string of the molecule is CCN=C(NC1CC1c1ccc(Br)cc1)N(C)CC(=O)N(CC)CC.I. The third-order valence-electron chi connectivity index (χ3n) is 4.56. The summed E-state index contributed by atoms with van der Waals surface area (Å²) in [6.45, 7) is 8.56. The highest BCUT2D eigenvalue weighted by Gasteiger charge is 2.39. The summed E-state index contributed by atoms with van der Waals surface area (Å²) in [5.74, 6) is 1.47. The van der Waals surface area contributed by atoms with Gasteiger partial charge >= 0.3 is 0 Å². The largest absolute Gasteiger partial charge is 0.353 e. The van der Waals surface area contributed by atoms with Crippen LogP contribution in [-0.2, 0) is 4.79 Å². The normalized spacial score (nSPS) is 18.7. The van der Waals surface area contributed by atoms with Gasteiger partial charge in [0.2, 0.25) is 5.91 Å². The average molecular weight is 537 g/mol. The Morgan fingerprint density at radius 1 is 1.23 bits per heavy atom. The Hall–Kier alpha value is -0.830. The minimum atomic E-state index is 0. The number of likely N-dealkylation sites (N-methyl/N-ethyl adjacent to an activating group) is 2. The molecule has 1 saturated carbocycles. The van der Waals surface area contributed by atoms with Crippen molar-refractivity contribution in [2.45, 2.75) is 39.2 Å².